The van der Waals surface area contributed by atoms with E-state index in [0.29, 0.717) is 12.1 Å². The highest BCUT2D eigenvalue weighted by molar-refractivity contribution is 5.94. The molecule has 0 aliphatic rings. The van der Waals surface area contributed by atoms with E-state index in [9.17, 15) is 4.79 Å². The standard InChI is InChI=1S/C11H17N3O/c1-4-11(15)13-9-7-8(12)5-6-10(9)14(2)3/h5-7H,4,12H2,1-3H3,(H,13,15). The third-order valence-electron chi connectivity index (χ3n) is 2.10. The molecule has 0 unspecified atom stereocenters. The van der Waals surface area contributed by atoms with E-state index in [1.54, 1.807) is 6.07 Å². The van der Waals surface area contributed by atoms with Crippen molar-refractivity contribution >= 4 is 23.0 Å². The maximum atomic E-state index is 11.3. The van der Waals surface area contributed by atoms with Gasteiger partial charge in [-0.2, -0.15) is 0 Å². The van der Waals surface area contributed by atoms with Crippen molar-refractivity contribution in [1.29, 1.82) is 0 Å². The summed E-state index contributed by atoms with van der Waals surface area (Å²) in [5, 5.41) is 2.82. The molecule has 4 heteroatoms. The lowest BCUT2D eigenvalue weighted by Gasteiger charge is -2.18. The van der Waals surface area contributed by atoms with E-state index in [-0.39, 0.29) is 5.91 Å². The number of hydrogen-bond acceptors (Lipinski definition) is 3. The number of amides is 1. The van der Waals surface area contributed by atoms with Gasteiger partial charge in [-0.05, 0) is 18.2 Å². The van der Waals surface area contributed by atoms with Crippen molar-refractivity contribution in [1.82, 2.24) is 0 Å². The van der Waals surface area contributed by atoms with Gasteiger partial charge < -0.3 is 16.0 Å². The normalized spacial score (nSPS) is 9.80. The van der Waals surface area contributed by atoms with Crippen LogP contribution in [0.4, 0.5) is 17.1 Å². The molecule has 0 saturated carbocycles. The maximum absolute atomic E-state index is 11.3. The first-order valence-corrected chi connectivity index (χ1v) is 4.91. The topological polar surface area (TPSA) is 58.4 Å². The second-order valence-corrected chi connectivity index (χ2v) is 3.57. The zero-order valence-electron chi connectivity index (χ0n) is 9.37. The van der Waals surface area contributed by atoms with E-state index < -0.39 is 0 Å². The molecule has 0 heterocycles. The van der Waals surface area contributed by atoms with Gasteiger partial charge in [-0.15, -0.1) is 0 Å². The number of carbonyl (C=O) groups excluding carboxylic acids is 1. The number of nitrogen functional groups attached to an aromatic ring is 1. The zero-order valence-corrected chi connectivity index (χ0v) is 9.37. The number of nitrogens with two attached hydrogens (primary N) is 1. The molecule has 1 amide bonds. The fraction of sp³-hybridized carbons (Fsp3) is 0.364. The first-order valence-electron chi connectivity index (χ1n) is 4.91. The Kier molecular flexibility index (Phi) is 3.55. The van der Waals surface area contributed by atoms with Crippen LogP contribution in [0.1, 0.15) is 13.3 Å². The van der Waals surface area contributed by atoms with Crippen molar-refractivity contribution in [2.45, 2.75) is 13.3 Å². The summed E-state index contributed by atoms with van der Waals surface area (Å²) in [4.78, 5) is 13.2. The SMILES string of the molecule is CCC(=O)Nc1cc(N)ccc1N(C)C. The molecule has 0 aliphatic heterocycles. The van der Waals surface area contributed by atoms with Crippen LogP contribution in [0.5, 0.6) is 0 Å². The van der Waals surface area contributed by atoms with Crippen molar-refractivity contribution in [3.63, 3.8) is 0 Å². The third kappa shape index (κ3) is 2.87. The van der Waals surface area contributed by atoms with Gasteiger partial charge in [-0.3, -0.25) is 4.79 Å². The fourth-order valence-corrected chi connectivity index (χ4v) is 1.28. The Bertz CT molecular complexity index is 361. The van der Waals surface area contributed by atoms with Crippen LogP contribution in [-0.4, -0.2) is 20.0 Å². The van der Waals surface area contributed by atoms with E-state index in [0.717, 1.165) is 11.4 Å². The number of carbonyl (C=O) groups is 1. The molecule has 0 bridgehead atoms. The van der Waals surface area contributed by atoms with E-state index in [1.165, 1.54) is 0 Å². The van der Waals surface area contributed by atoms with Crippen LogP contribution in [0.25, 0.3) is 0 Å². The molecule has 0 atom stereocenters. The van der Waals surface area contributed by atoms with E-state index in [2.05, 4.69) is 5.32 Å². The van der Waals surface area contributed by atoms with Crippen LogP contribution in [0, 0.1) is 0 Å². The van der Waals surface area contributed by atoms with Crippen LogP contribution < -0.4 is 16.0 Å². The Hall–Kier alpha value is -1.71. The monoisotopic (exact) mass is 207 g/mol. The molecular weight excluding hydrogens is 190 g/mol. The Morgan fingerprint density at radius 2 is 2.13 bits per heavy atom. The summed E-state index contributed by atoms with van der Waals surface area (Å²) in [5.74, 6) is -0.0105. The zero-order chi connectivity index (χ0) is 11.4. The molecule has 82 valence electrons. The summed E-state index contributed by atoms with van der Waals surface area (Å²) >= 11 is 0. The Labute approximate surface area is 90.1 Å². The highest BCUT2D eigenvalue weighted by atomic mass is 16.1. The number of rotatable bonds is 3. The molecule has 0 aliphatic carbocycles. The van der Waals surface area contributed by atoms with Crippen molar-refractivity contribution in [3.05, 3.63) is 18.2 Å². The maximum Gasteiger partial charge on any atom is 0.224 e. The lowest BCUT2D eigenvalue weighted by molar-refractivity contribution is -0.115. The van der Waals surface area contributed by atoms with Crippen molar-refractivity contribution < 1.29 is 4.79 Å². The van der Waals surface area contributed by atoms with E-state index >= 15 is 0 Å². The summed E-state index contributed by atoms with van der Waals surface area (Å²) < 4.78 is 0. The van der Waals surface area contributed by atoms with Gasteiger partial charge in [0.2, 0.25) is 5.91 Å². The van der Waals surface area contributed by atoms with E-state index in [4.69, 9.17) is 5.73 Å². The highest BCUT2D eigenvalue weighted by Gasteiger charge is 2.07. The largest absolute Gasteiger partial charge is 0.399 e. The van der Waals surface area contributed by atoms with Crippen LogP contribution in [-0.2, 0) is 4.79 Å². The Morgan fingerprint density at radius 3 is 2.67 bits per heavy atom. The highest BCUT2D eigenvalue weighted by Crippen LogP contribution is 2.26. The molecule has 0 radical (unpaired) electrons. The number of nitrogens with zero attached hydrogens (tertiary/aromatic N) is 1. The van der Waals surface area contributed by atoms with Gasteiger partial charge in [-0.1, -0.05) is 6.92 Å². The first-order chi connectivity index (χ1) is 7.04. The molecule has 1 rings (SSSR count). The number of anilines is 3. The summed E-state index contributed by atoms with van der Waals surface area (Å²) in [5.41, 5.74) is 8.03. The van der Waals surface area contributed by atoms with Crippen molar-refractivity contribution in [2.24, 2.45) is 0 Å². The van der Waals surface area contributed by atoms with Gasteiger partial charge in [-0.25, -0.2) is 0 Å². The van der Waals surface area contributed by atoms with Crippen LogP contribution in [0.2, 0.25) is 0 Å². The van der Waals surface area contributed by atoms with Gasteiger partial charge in [0, 0.05) is 26.2 Å². The third-order valence-corrected chi connectivity index (χ3v) is 2.10. The average Bonchev–Trinajstić information content (AvgIpc) is 2.17. The number of hydrogen-bond donors (Lipinski definition) is 2. The minimum atomic E-state index is -0.0105. The number of nitrogens with one attached hydrogen (secondary N) is 1. The molecule has 4 nitrogen and oxygen atoms in total. The molecule has 0 saturated heterocycles. The lowest BCUT2D eigenvalue weighted by atomic mass is 10.2. The summed E-state index contributed by atoms with van der Waals surface area (Å²) in [6.07, 6.45) is 0.460. The minimum Gasteiger partial charge on any atom is -0.399 e. The molecule has 15 heavy (non-hydrogen) atoms. The molecule has 3 N–H and O–H groups in total. The van der Waals surface area contributed by atoms with Gasteiger partial charge in [0.1, 0.15) is 0 Å². The van der Waals surface area contributed by atoms with Gasteiger partial charge >= 0.3 is 0 Å². The first kappa shape index (κ1) is 11.4. The average molecular weight is 207 g/mol. The lowest BCUT2D eigenvalue weighted by Crippen LogP contribution is -2.16. The molecule has 0 fully saturated rings. The quantitative estimate of drug-likeness (QED) is 0.741. The van der Waals surface area contributed by atoms with Crippen molar-refractivity contribution in [2.75, 3.05) is 30.0 Å². The summed E-state index contributed by atoms with van der Waals surface area (Å²) in [6, 6.07) is 5.47. The summed E-state index contributed by atoms with van der Waals surface area (Å²) in [6.45, 7) is 1.82. The van der Waals surface area contributed by atoms with Gasteiger partial charge in [0.05, 0.1) is 11.4 Å². The van der Waals surface area contributed by atoms with Crippen LogP contribution >= 0.6 is 0 Å². The molecule has 0 aromatic heterocycles. The Morgan fingerprint density at radius 1 is 1.47 bits per heavy atom. The molecular formula is C11H17N3O. The predicted octanol–water partition coefficient (Wildman–Crippen LogP) is 1.68. The van der Waals surface area contributed by atoms with E-state index in [1.807, 2.05) is 38.1 Å². The van der Waals surface area contributed by atoms with Crippen molar-refractivity contribution in [3.8, 4) is 0 Å². The van der Waals surface area contributed by atoms with Gasteiger partial charge in [0.25, 0.3) is 0 Å². The van der Waals surface area contributed by atoms with Gasteiger partial charge in [0.15, 0.2) is 0 Å². The molecule has 1 aromatic rings. The van der Waals surface area contributed by atoms with Crippen LogP contribution in [0.15, 0.2) is 18.2 Å². The molecule has 0 spiro atoms. The smallest absolute Gasteiger partial charge is 0.224 e. The predicted molar refractivity (Wildman–Crippen MR) is 64.1 cm³/mol. The fourth-order valence-electron chi connectivity index (χ4n) is 1.28. The number of benzene rings is 1. The second kappa shape index (κ2) is 4.68. The second-order valence-electron chi connectivity index (χ2n) is 3.57. The minimum absolute atomic E-state index is 0.0105. The van der Waals surface area contributed by atoms with Crippen LogP contribution in [0.3, 0.4) is 0 Å². The molecule has 1 aromatic carbocycles. The summed E-state index contributed by atoms with van der Waals surface area (Å²) in [7, 11) is 3.85. The Balaban J connectivity index is 3.02.